The summed E-state index contributed by atoms with van der Waals surface area (Å²) in [6.07, 6.45) is 1.35. The molecule has 1 aliphatic carbocycles. The van der Waals surface area contributed by atoms with Gasteiger partial charge in [0.05, 0.1) is 28.2 Å². The molecule has 0 amide bonds. The summed E-state index contributed by atoms with van der Waals surface area (Å²) in [5.41, 5.74) is 3.76. The largest absolute Gasteiger partial charge is 0.294 e. The van der Waals surface area contributed by atoms with Crippen LogP contribution in [0.15, 0.2) is 22.7 Å². The van der Waals surface area contributed by atoms with E-state index < -0.39 is 0 Å². The zero-order chi connectivity index (χ0) is 16.1. The van der Waals surface area contributed by atoms with Crippen LogP contribution in [0.3, 0.4) is 0 Å². The van der Waals surface area contributed by atoms with E-state index in [2.05, 4.69) is 40.9 Å². The summed E-state index contributed by atoms with van der Waals surface area (Å²) in [5.74, 6) is 0.160. The molecule has 3 rings (SSSR count). The molecule has 0 spiro atoms. The van der Waals surface area contributed by atoms with Crippen LogP contribution in [0.2, 0.25) is 0 Å². The number of rotatable bonds is 1. The van der Waals surface area contributed by atoms with E-state index in [4.69, 9.17) is 0 Å². The number of hydrogen-bond donors (Lipinski definition) is 0. The van der Waals surface area contributed by atoms with Crippen LogP contribution in [-0.4, -0.2) is 15.6 Å². The van der Waals surface area contributed by atoms with Crippen molar-refractivity contribution in [2.75, 3.05) is 0 Å². The molecule has 0 atom stereocenters. The van der Waals surface area contributed by atoms with Gasteiger partial charge >= 0.3 is 0 Å². The van der Waals surface area contributed by atoms with Crippen molar-refractivity contribution in [1.82, 2.24) is 9.78 Å². The quantitative estimate of drug-likeness (QED) is 0.775. The van der Waals surface area contributed by atoms with Gasteiger partial charge in [-0.15, -0.1) is 0 Å². The summed E-state index contributed by atoms with van der Waals surface area (Å²) < 4.78 is 2.57. The predicted molar refractivity (Wildman–Crippen MR) is 87.1 cm³/mol. The molecule has 0 radical (unpaired) electrons. The average Bonchev–Trinajstić information content (AvgIpc) is 2.75. The van der Waals surface area contributed by atoms with Gasteiger partial charge in [-0.1, -0.05) is 13.8 Å². The number of aromatic nitrogens is 2. The molecule has 1 aromatic heterocycles. The first-order valence-electron chi connectivity index (χ1n) is 7.14. The first kappa shape index (κ1) is 15.0. The summed E-state index contributed by atoms with van der Waals surface area (Å²) in [7, 11) is 0. The van der Waals surface area contributed by atoms with E-state index in [1.165, 1.54) is 0 Å². The van der Waals surface area contributed by atoms with Crippen molar-refractivity contribution in [2.24, 2.45) is 5.41 Å². The maximum Gasteiger partial charge on any atom is 0.167 e. The van der Waals surface area contributed by atoms with Gasteiger partial charge in [-0.05, 0) is 52.9 Å². The Hall–Kier alpha value is -1.93. The molecule has 1 aliphatic rings. The first-order valence-corrected chi connectivity index (χ1v) is 7.93. The average molecular weight is 358 g/mol. The number of nitriles is 1. The standard InChI is InChI=1S/C17H16BrN3O/c1-10-16-14(7-17(2,3)8-15(16)22)21(20-10)12-4-5-13(18)11(6-12)9-19/h4-6H,7-8H2,1-3H3. The Kier molecular flexibility index (Phi) is 3.45. The smallest absolute Gasteiger partial charge is 0.167 e. The monoisotopic (exact) mass is 357 g/mol. The van der Waals surface area contributed by atoms with Gasteiger partial charge < -0.3 is 0 Å². The second-order valence-corrected chi connectivity index (χ2v) is 7.39. The van der Waals surface area contributed by atoms with E-state index in [1.54, 1.807) is 6.07 Å². The molecule has 2 aromatic rings. The van der Waals surface area contributed by atoms with Crippen molar-refractivity contribution in [1.29, 1.82) is 5.26 Å². The fourth-order valence-electron chi connectivity index (χ4n) is 3.08. The van der Waals surface area contributed by atoms with E-state index in [1.807, 2.05) is 23.7 Å². The Balaban J connectivity index is 2.20. The third kappa shape index (κ3) is 2.38. The van der Waals surface area contributed by atoms with E-state index in [0.29, 0.717) is 12.0 Å². The maximum atomic E-state index is 12.4. The zero-order valence-electron chi connectivity index (χ0n) is 12.8. The lowest BCUT2D eigenvalue weighted by atomic mass is 9.75. The van der Waals surface area contributed by atoms with E-state index in [0.717, 1.165) is 33.5 Å². The number of nitrogens with zero attached hydrogens (tertiary/aromatic N) is 3. The molecule has 112 valence electrons. The molecule has 0 fully saturated rings. The number of benzene rings is 1. The minimum absolute atomic E-state index is 0.0677. The van der Waals surface area contributed by atoms with E-state index >= 15 is 0 Å². The molecule has 0 bridgehead atoms. The Labute approximate surface area is 137 Å². The molecule has 5 heteroatoms. The van der Waals surface area contributed by atoms with Crippen LogP contribution in [0.1, 0.15) is 47.6 Å². The van der Waals surface area contributed by atoms with Crippen molar-refractivity contribution in [3.63, 3.8) is 0 Å². The highest BCUT2D eigenvalue weighted by atomic mass is 79.9. The highest BCUT2D eigenvalue weighted by Crippen LogP contribution is 2.37. The molecular weight excluding hydrogens is 342 g/mol. The SMILES string of the molecule is Cc1nn(-c2ccc(Br)c(C#N)c2)c2c1C(=O)CC(C)(C)C2. The first-order chi connectivity index (χ1) is 10.3. The van der Waals surface area contributed by atoms with Crippen molar-refractivity contribution < 1.29 is 4.79 Å². The lowest BCUT2D eigenvalue weighted by Gasteiger charge is -2.29. The van der Waals surface area contributed by atoms with Gasteiger partial charge in [0.2, 0.25) is 0 Å². The number of Topliss-reactive ketones (excluding diaryl/α,β-unsaturated/α-hetero) is 1. The molecule has 0 saturated carbocycles. The number of halogens is 1. The van der Waals surface area contributed by atoms with E-state index in [9.17, 15) is 10.1 Å². The minimum atomic E-state index is -0.0677. The number of fused-ring (bicyclic) bond motifs is 1. The van der Waals surface area contributed by atoms with Crippen molar-refractivity contribution in [2.45, 2.75) is 33.6 Å². The van der Waals surface area contributed by atoms with Crippen LogP contribution >= 0.6 is 15.9 Å². The van der Waals surface area contributed by atoms with E-state index in [-0.39, 0.29) is 11.2 Å². The molecule has 0 aliphatic heterocycles. The van der Waals surface area contributed by atoms with Gasteiger partial charge in [0.25, 0.3) is 0 Å². The van der Waals surface area contributed by atoms with Gasteiger partial charge in [0.15, 0.2) is 5.78 Å². The summed E-state index contributed by atoms with van der Waals surface area (Å²) >= 11 is 3.36. The Morgan fingerprint density at radius 1 is 1.36 bits per heavy atom. The molecule has 1 heterocycles. The zero-order valence-corrected chi connectivity index (χ0v) is 14.4. The van der Waals surface area contributed by atoms with Crippen molar-refractivity contribution in [3.8, 4) is 11.8 Å². The second-order valence-electron chi connectivity index (χ2n) is 6.54. The summed E-state index contributed by atoms with van der Waals surface area (Å²) in [5, 5.41) is 13.7. The molecule has 22 heavy (non-hydrogen) atoms. The van der Waals surface area contributed by atoms with Crippen LogP contribution in [-0.2, 0) is 6.42 Å². The van der Waals surface area contributed by atoms with Crippen molar-refractivity contribution in [3.05, 3.63) is 45.2 Å². The van der Waals surface area contributed by atoms with Crippen LogP contribution in [0.4, 0.5) is 0 Å². The Morgan fingerprint density at radius 3 is 2.77 bits per heavy atom. The molecule has 4 nitrogen and oxygen atoms in total. The predicted octanol–water partition coefficient (Wildman–Crippen LogP) is 3.97. The third-order valence-electron chi connectivity index (χ3n) is 4.03. The maximum absolute atomic E-state index is 12.4. The third-order valence-corrected chi connectivity index (χ3v) is 4.73. The van der Waals surface area contributed by atoms with Gasteiger partial charge in [-0.25, -0.2) is 4.68 Å². The van der Waals surface area contributed by atoms with Gasteiger partial charge in [-0.3, -0.25) is 4.79 Å². The highest BCUT2D eigenvalue weighted by Gasteiger charge is 2.35. The summed E-state index contributed by atoms with van der Waals surface area (Å²) in [6.45, 7) is 6.07. The Bertz CT molecular complexity index is 827. The molecule has 1 aromatic carbocycles. The second kappa shape index (κ2) is 5.06. The topological polar surface area (TPSA) is 58.7 Å². The van der Waals surface area contributed by atoms with Crippen molar-refractivity contribution >= 4 is 21.7 Å². The molecule has 0 unspecified atom stereocenters. The van der Waals surface area contributed by atoms with Gasteiger partial charge in [0, 0.05) is 10.9 Å². The normalized spacial score (nSPS) is 16.2. The summed E-state index contributed by atoms with van der Waals surface area (Å²) in [4.78, 5) is 12.4. The molecule has 0 saturated heterocycles. The lowest BCUT2D eigenvalue weighted by molar-refractivity contribution is 0.0910. The van der Waals surface area contributed by atoms with Gasteiger partial charge in [-0.2, -0.15) is 10.4 Å². The number of carbonyl (C=O) groups excluding carboxylic acids is 1. The number of ketones is 1. The lowest BCUT2D eigenvalue weighted by Crippen LogP contribution is -2.28. The van der Waals surface area contributed by atoms with Gasteiger partial charge in [0.1, 0.15) is 6.07 Å². The fraction of sp³-hybridized carbons (Fsp3) is 0.353. The summed E-state index contributed by atoms with van der Waals surface area (Å²) in [6, 6.07) is 7.70. The molecule has 0 N–H and O–H groups in total. The number of aryl methyl sites for hydroxylation is 1. The van der Waals surface area contributed by atoms with Crippen LogP contribution in [0.5, 0.6) is 0 Å². The number of hydrogen-bond acceptors (Lipinski definition) is 3. The molecular formula is C17H16BrN3O. The minimum Gasteiger partial charge on any atom is -0.294 e. The van der Waals surface area contributed by atoms with Crippen LogP contribution < -0.4 is 0 Å². The Morgan fingerprint density at radius 2 is 2.09 bits per heavy atom. The number of carbonyl (C=O) groups is 1. The van der Waals surface area contributed by atoms with Crippen LogP contribution in [0.25, 0.3) is 5.69 Å². The van der Waals surface area contributed by atoms with Crippen LogP contribution in [0, 0.1) is 23.7 Å². The fourth-order valence-corrected chi connectivity index (χ4v) is 3.42. The highest BCUT2D eigenvalue weighted by molar-refractivity contribution is 9.10.